The van der Waals surface area contributed by atoms with Crippen LogP contribution in [0.3, 0.4) is 0 Å². The van der Waals surface area contributed by atoms with E-state index in [0.717, 1.165) is 22.9 Å². The summed E-state index contributed by atoms with van der Waals surface area (Å²) in [5.74, 6) is -1.03. The summed E-state index contributed by atoms with van der Waals surface area (Å²) in [4.78, 5) is 14.7. The summed E-state index contributed by atoms with van der Waals surface area (Å²) in [5.41, 5.74) is 0. The molecule has 0 aliphatic rings. The number of carboxylic acid groups (broad SMARTS) is 1. The fraction of sp³-hybridized carbons (Fsp3) is 0.222. The molecule has 0 amide bonds. The van der Waals surface area contributed by atoms with E-state index in [-0.39, 0.29) is 15.6 Å². The van der Waals surface area contributed by atoms with Gasteiger partial charge in [0.2, 0.25) is 0 Å². The van der Waals surface area contributed by atoms with E-state index in [2.05, 4.69) is 14.1 Å². The zero-order valence-corrected chi connectivity index (χ0v) is 11.9. The quantitative estimate of drug-likeness (QED) is 0.816. The van der Waals surface area contributed by atoms with Crippen LogP contribution in [-0.2, 0) is 16.4 Å². The van der Waals surface area contributed by atoms with E-state index in [1.807, 2.05) is 0 Å². The highest BCUT2D eigenvalue weighted by Crippen LogP contribution is 2.14. The largest absolute Gasteiger partial charge is 0.477 e. The minimum absolute atomic E-state index is 0.139. The van der Waals surface area contributed by atoms with Crippen molar-refractivity contribution in [2.24, 2.45) is 0 Å². The summed E-state index contributed by atoms with van der Waals surface area (Å²) in [5, 5.41) is 9.30. The molecular weight excluding hydrogens is 310 g/mol. The van der Waals surface area contributed by atoms with Crippen molar-refractivity contribution >= 4 is 38.9 Å². The Morgan fingerprint density at radius 1 is 1.47 bits per heavy atom. The van der Waals surface area contributed by atoms with Crippen LogP contribution >= 0.6 is 22.9 Å². The van der Waals surface area contributed by atoms with E-state index >= 15 is 0 Å². The van der Waals surface area contributed by atoms with Crippen LogP contribution in [0, 0.1) is 0 Å². The zero-order chi connectivity index (χ0) is 13.9. The van der Waals surface area contributed by atoms with Crippen LogP contribution in [0.2, 0.25) is 0 Å². The predicted molar refractivity (Wildman–Crippen MR) is 70.1 cm³/mol. The van der Waals surface area contributed by atoms with Gasteiger partial charge in [-0.05, 0) is 17.6 Å². The maximum absolute atomic E-state index is 11.7. The predicted octanol–water partition coefficient (Wildman–Crippen LogP) is 0.819. The van der Waals surface area contributed by atoms with Gasteiger partial charge in [0.1, 0.15) is 4.88 Å². The topological polar surface area (TPSA) is 109 Å². The summed E-state index contributed by atoms with van der Waals surface area (Å²) >= 11 is 1.93. The maximum Gasteiger partial charge on any atom is 0.347 e. The van der Waals surface area contributed by atoms with Gasteiger partial charge in [0.05, 0.1) is 11.2 Å². The van der Waals surface area contributed by atoms with E-state index in [9.17, 15) is 13.2 Å². The van der Waals surface area contributed by atoms with Crippen molar-refractivity contribution in [2.45, 2.75) is 10.6 Å². The van der Waals surface area contributed by atoms with Gasteiger partial charge in [0, 0.05) is 19.2 Å². The molecule has 0 aliphatic carbocycles. The van der Waals surface area contributed by atoms with Gasteiger partial charge in [-0.15, -0.1) is 11.3 Å². The average molecular weight is 319 g/mol. The first-order valence-corrected chi connectivity index (χ1v) is 8.15. The first kappa shape index (κ1) is 14.1. The highest BCUT2D eigenvalue weighted by atomic mass is 32.2. The molecule has 0 saturated carbocycles. The second kappa shape index (κ2) is 5.74. The van der Waals surface area contributed by atoms with Gasteiger partial charge in [-0.25, -0.2) is 22.9 Å². The van der Waals surface area contributed by atoms with Crippen LogP contribution in [-0.4, -0.2) is 35.4 Å². The summed E-state index contributed by atoms with van der Waals surface area (Å²) in [7, 11) is -3.53. The van der Waals surface area contributed by atoms with Crippen molar-refractivity contribution in [1.82, 2.24) is 14.1 Å². The van der Waals surface area contributed by atoms with Crippen LogP contribution in [0.25, 0.3) is 0 Å². The van der Waals surface area contributed by atoms with Crippen LogP contribution in [0.1, 0.15) is 14.7 Å². The molecule has 0 radical (unpaired) electrons. The van der Waals surface area contributed by atoms with Crippen molar-refractivity contribution in [1.29, 1.82) is 0 Å². The molecule has 2 N–H and O–H groups in total. The van der Waals surface area contributed by atoms with Gasteiger partial charge < -0.3 is 5.11 Å². The molecule has 2 aromatic heterocycles. The van der Waals surface area contributed by atoms with E-state index in [4.69, 9.17) is 5.11 Å². The number of thiazole rings is 1. The summed E-state index contributed by atoms with van der Waals surface area (Å²) in [6.07, 6.45) is 3.02. The van der Waals surface area contributed by atoms with Crippen LogP contribution in [0.5, 0.6) is 0 Å². The molecule has 0 fully saturated rings. The second-order valence-electron chi connectivity index (χ2n) is 3.40. The molecule has 0 spiro atoms. The SMILES string of the molecule is O=C(O)c1cnc(CCNS(=O)(=O)c2ccns2)s1. The first-order valence-electron chi connectivity index (χ1n) is 5.07. The lowest BCUT2D eigenvalue weighted by molar-refractivity contribution is 0.0702. The lowest BCUT2D eigenvalue weighted by Gasteiger charge is -2.02. The Morgan fingerprint density at radius 3 is 2.84 bits per heavy atom. The fourth-order valence-corrected chi connectivity index (χ4v) is 3.79. The fourth-order valence-electron chi connectivity index (χ4n) is 1.23. The van der Waals surface area contributed by atoms with Crippen molar-refractivity contribution in [3.8, 4) is 0 Å². The number of rotatable bonds is 6. The van der Waals surface area contributed by atoms with E-state index < -0.39 is 16.0 Å². The molecule has 0 bridgehead atoms. The monoisotopic (exact) mass is 319 g/mol. The number of hydrogen-bond donors (Lipinski definition) is 2. The standard InChI is InChI=1S/C9H9N3O4S3/c13-9(14)6-5-10-7(17-6)1-4-12-19(15,16)8-2-3-11-18-8/h2-3,5,12H,1,4H2,(H,13,14). The zero-order valence-electron chi connectivity index (χ0n) is 9.44. The van der Waals surface area contributed by atoms with Gasteiger partial charge in [0.15, 0.2) is 4.21 Å². The normalized spacial score (nSPS) is 11.6. The maximum atomic E-state index is 11.7. The molecule has 0 aromatic carbocycles. The second-order valence-corrected chi connectivity index (χ2v) is 7.34. The Labute approximate surface area is 117 Å². The van der Waals surface area contributed by atoms with Gasteiger partial charge in [-0.1, -0.05) is 0 Å². The van der Waals surface area contributed by atoms with Gasteiger partial charge in [-0.2, -0.15) is 4.37 Å². The molecule has 0 saturated heterocycles. The number of carboxylic acids is 1. The summed E-state index contributed by atoms with van der Waals surface area (Å²) in [6.45, 7) is 0.160. The summed E-state index contributed by atoms with van der Waals surface area (Å²) in [6, 6.07) is 1.42. The van der Waals surface area contributed by atoms with E-state index in [1.54, 1.807) is 0 Å². The van der Waals surface area contributed by atoms with Crippen LogP contribution < -0.4 is 4.72 Å². The molecule has 0 atom stereocenters. The molecule has 7 nitrogen and oxygen atoms in total. The smallest absolute Gasteiger partial charge is 0.347 e. The molecule has 2 rings (SSSR count). The highest BCUT2D eigenvalue weighted by Gasteiger charge is 2.15. The first-order chi connectivity index (χ1) is 8.99. The number of nitrogens with one attached hydrogen (secondary N) is 1. The van der Waals surface area contributed by atoms with Gasteiger partial charge in [0.25, 0.3) is 10.0 Å². The van der Waals surface area contributed by atoms with Crippen molar-refractivity contribution in [3.63, 3.8) is 0 Å². The lowest BCUT2D eigenvalue weighted by Crippen LogP contribution is -2.25. The number of aromatic nitrogens is 2. The number of hydrogen-bond acceptors (Lipinski definition) is 7. The number of carbonyl (C=O) groups is 1. The molecular formula is C9H9N3O4S3. The van der Waals surface area contributed by atoms with Crippen molar-refractivity contribution < 1.29 is 18.3 Å². The van der Waals surface area contributed by atoms with E-state index in [0.29, 0.717) is 11.4 Å². The summed E-state index contributed by atoms with van der Waals surface area (Å²) < 4.78 is 29.8. The highest BCUT2D eigenvalue weighted by molar-refractivity contribution is 7.91. The number of aromatic carboxylic acids is 1. The van der Waals surface area contributed by atoms with E-state index in [1.165, 1.54) is 18.5 Å². The Kier molecular flexibility index (Phi) is 4.24. The molecule has 2 aromatic rings. The Balaban J connectivity index is 1.91. The molecule has 0 unspecified atom stereocenters. The van der Waals surface area contributed by atoms with Crippen molar-refractivity contribution in [2.75, 3.05) is 6.54 Å². The number of nitrogens with zero attached hydrogens (tertiary/aromatic N) is 2. The Morgan fingerprint density at radius 2 is 2.26 bits per heavy atom. The van der Waals surface area contributed by atoms with Gasteiger partial charge >= 0.3 is 5.97 Å². The molecule has 102 valence electrons. The molecule has 0 aliphatic heterocycles. The molecule has 2 heterocycles. The third-order valence-electron chi connectivity index (χ3n) is 2.07. The molecule has 10 heteroatoms. The third kappa shape index (κ3) is 3.56. The Bertz CT molecular complexity index is 663. The Hall–Kier alpha value is -1.36. The average Bonchev–Trinajstić information content (AvgIpc) is 3.00. The lowest BCUT2D eigenvalue weighted by atomic mass is 10.5. The van der Waals surface area contributed by atoms with Crippen LogP contribution in [0.15, 0.2) is 22.7 Å². The minimum atomic E-state index is -3.53. The van der Waals surface area contributed by atoms with Gasteiger partial charge in [-0.3, -0.25) is 0 Å². The third-order valence-corrected chi connectivity index (χ3v) is 5.79. The van der Waals surface area contributed by atoms with Crippen molar-refractivity contribution in [3.05, 3.63) is 28.3 Å². The molecule has 19 heavy (non-hydrogen) atoms. The minimum Gasteiger partial charge on any atom is -0.477 e. The van der Waals surface area contributed by atoms with Crippen LogP contribution in [0.4, 0.5) is 0 Å². The number of sulfonamides is 1.